The van der Waals surface area contributed by atoms with Crippen molar-refractivity contribution in [2.24, 2.45) is 0 Å². The summed E-state index contributed by atoms with van der Waals surface area (Å²) >= 11 is 0. The fourth-order valence-electron chi connectivity index (χ4n) is 5.40. The van der Waals surface area contributed by atoms with Crippen LogP contribution in [0.5, 0.6) is 0 Å². The molecule has 0 aromatic rings. The molecule has 2 N–H and O–H groups in total. The van der Waals surface area contributed by atoms with Crippen LogP contribution < -0.4 is 5.32 Å². The second-order valence-corrected chi connectivity index (χ2v) is 9.64. The van der Waals surface area contributed by atoms with E-state index in [1.807, 2.05) is 23.6 Å². The van der Waals surface area contributed by atoms with Crippen LogP contribution in [0.1, 0.15) is 97.8 Å². The highest BCUT2D eigenvalue weighted by Crippen LogP contribution is 2.39. The maximum atomic E-state index is 13.4. The Labute approximate surface area is 175 Å². The van der Waals surface area contributed by atoms with Gasteiger partial charge in [-0.2, -0.15) is 5.06 Å². The molecule has 2 aliphatic carbocycles. The summed E-state index contributed by atoms with van der Waals surface area (Å²) in [5.41, 5.74) is -0.650. The van der Waals surface area contributed by atoms with E-state index in [-0.39, 0.29) is 18.1 Å². The fraction of sp³-hybridized carbons (Fsp3) is 0.909. The molecule has 1 heterocycles. The van der Waals surface area contributed by atoms with Crippen LogP contribution in [-0.2, 0) is 0 Å². The van der Waals surface area contributed by atoms with E-state index in [4.69, 9.17) is 0 Å². The van der Waals surface area contributed by atoms with E-state index in [9.17, 15) is 14.8 Å². The van der Waals surface area contributed by atoms with Crippen molar-refractivity contribution >= 4 is 12.1 Å². The van der Waals surface area contributed by atoms with Gasteiger partial charge >= 0.3 is 12.1 Å². The first-order valence-corrected chi connectivity index (χ1v) is 11.8. The molecule has 3 rings (SSSR count). The molecule has 166 valence electrons. The van der Waals surface area contributed by atoms with Crippen LogP contribution in [0.4, 0.5) is 9.59 Å². The molecule has 0 unspecified atom stereocenters. The Balaban J connectivity index is 1.81. The van der Waals surface area contributed by atoms with Crippen LogP contribution >= 0.6 is 0 Å². The highest BCUT2D eigenvalue weighted by molar-refractivity contribution is 5.81. The first-order chi connectivity index (χ1) is 13.9. The van der Waals surface area contributed by atoms with Crippen molar-refractivity contribution in [3.05, 3.63) is 0 Å². The average molecular weight is 409 g/mol. The van der Waals surface area contributed by atoms with Crippen molar-refractivity contribution in [3.63, 3.8) is 0 Å². The minimum Gasteiger partial charge on any atom is -0.333 e. The van der Waals surface area contributed by atoms with Gasteiger partial charge in [0.05, 0.1) is 5.54 Å². The molecule has 4 amide bonds. The number of hydrogen-bond donors (Lipinski definition) is 2. The molecule has 0 radical (unpaired) electrons. The van der Waals surface area contributed by atoms with E-state index >= 15 is 0 Å². The van der Waals surface area contributed by atoms with E-state index in [1.54, 1.807) is 0 Å². The van der Waals surface area contributed by atoms with E-state index in [2.05, 4.69) is 12.2 Å². The van der Waals surface area contributed by atoms with Gasteiger partial charge in [-0.3, -0.25) is 10.1 Å². The van der Waals surface area contributed by atoms with Crippen molar-refractivity contribution in [3.8, 4) is 0 Å². The molecular formula is C22H40N4O3. The molecule has 29 heavy (non-hydrogen) atoms. The Morgan fingerprint density at radius 3 is 2.28 bits per heavy atom. The minimum atomic E-state index is -0.668. The predicted molar refractivity (Wildman–Crippen MR) is 113 cm³/mol. The quantitative estimate of drug-likeness (QED) is 0.494. The Kier molecular flexibility index (Phi) is 7.30. The second kappa shape index (κ2) is 9.54. The molecule has 0 aromatic carbocycles. The maximum Gasteiger partial charge on any atom is 0.343 e. The molecule has 0 bridgehead atoms. The van der Waals surface area contributed by atoms with E-state index < -0.39 is 17.7 Å². The number of nitrogens with zero attached hydrogens (tertiary/aromatic N) is 3. The molecule has 7 nitrogen and oxygen atoms in total. The average Bonchev–Trinajstić information content (AvgIpc) is 2.92. The van der Waals surface area contributed by atoms with Crippen molar-refractivity contribution in [1.29, 1.82) is 0 Å². The lowest BCUT2D eigenvalue weighted by atomic mass is 9.92. The van der Waals surface area contributed by atoms with E-state index in [0.29, 0.717) is 6.54 Å². The summed E-state index contributed by atoms with van der Waals surface area (Å²) in [6, 6.07) is -0.305. The summed E-state index contributed by atoms with van der Waals surface area (Å²) in [7, 11) is 0. The topological polar surface area (TPSA) is 76.1 Å². The Morgan fingerprint density at radius 2 is 1.69 bits per heavy atom. The molecule has 0 aromatic heterocycles. The Hall–Kier alpha value is -1.50. The predicted octanol–water partition coefficient (Wildman–Crippen LogP) is 4.70. The largest absolute Gasteiger partial charge is 0.343 e. The fourth-order valence-corrected chi connectivity index (χ4v) is 5.40. The summed E-state index contributed by atoms with van der Waals surface area (Å²) in [5.74, 6) is 0. The van der Waals surface area contributed by atoms with Crippen LogP contribution in [0.3, 0.4) is 0 Å². The monoisotopic (exact) mass is 408 g/mol. The molecular weight excluding hydrogens is 368 g/mol. The van der Waals surface area contributed by atoms with Crippen LogP contribution in [-0.4, -0.2) is 62.5 Å². The summed E-state index contributed by atoms with van der Waals surface area (Å²) < 4.78 is 0. The number of carbonyl (C=O) groups is 2. The summed E-state index contributed by atoms with van der Waals surface area (Å²) in [6.07, 6.45) is 11.9. The molecule has 1 saturated heterocycles. The SMILES string of the molecule is CCCCN1C(=O)N(C2CCCCC2)[C@H](N(O)C(=O)NC2CCCCC2)C1(C)C. The highest BCUT2D eigenvalue weighted by atomic mass is 16.5. The van der Waals surface area contributed by atoms with E-state index in [1.165, 1.54) is 12.8 Å². The van der Waals surface area contributed by atoms with Crippen LogP contribution in [0.15, 0.2) is 0 Å². The number of amides is 4. The van der Waals surface area contributed by atoms with Crippen molar-refractivity contribution in [2.75, 3.05) is 6.54 Å². The molecule has 2 saturated carbocycles. The molecule has 0 spiro atoms. The van der Waals surface area contributed by atoms with Crippen molar-refractivity contribution in [1.82, 2.24) is 20.2 Å². The Bertz CT molecular complexity index is 570. The Morgan fingerprint density at radius 1 is 1.10 bits per heavy atom. The third kappa shape index (κ3) is 4.65. The van der Waals surface area contributed by atoms with Gasteiger partial charge in [0, 0.05) is 18.6 Å². The first-order valence-electron chi connectivity index (χ1n) is 11.8. The molecule has 3 aliphatic rings. The first kappa shape index (κ1) is 22.2. The number of nitrogens with one attached hydrogen (secondary N) is 1. The number of unbranched alkanes of at least 4 members (excludes halogenated alkanes) is 1. The molecule has 3 fully saturated rings. The number of hydroxylamine groups is 2. The third-order valence-corrected chi connectivity index (χ3v) is 7.12. The van der Waals surface area contributed by atoms with Crippen molar-refractivity contribution in [2.45, 2.75) is 122 Å². The molecule has 7 heteroatoms. The molecule has 1 atom stereocenters. The highest BCUT2D eigenvalue weighted by Gasteiger charge is 2.57. The second-order valence-electron chi connectivity index (χ2n) is 9.64. The van der Waals surface area contributed by atoms with Gasteiger partial charge in [-0.1, -0.05) is 51.9 Å². The third-order valence-electron chi connectivity index (χ3n) is 7.12. The van der Waals surface area contributed by atoms with Gasteiger partial charge in [0.25, 0.3) is 0 Å². The number of rotatable bonds is 6. The zero-order valence-electron chi connectivity index (χ0n) is 18.5. The lowest BCUT2D eigenvalue weighted by Crippen LogP contribution is -2.61. The zero-order chi connectivity index (χ0) is 21.0. The van der Waals surface area contributed by atoms with Gasteiger partial charge in [0.2, 0.25) is 0 Å². The van der Waals surface area contributed by atoms with Crippen LogP contribution in [0, 0.1) is 0 Å². The zero-order valence-corrected chi connectivity index (χ0v) is 18.5. The van der Waals surface area contributed by atoms with Gasteiger partial charge in [-0.15, -0.1) is 0 Å². The standard InChI is InChI=1S/C22H40N4O3/c1-4-5-16-24-21(28)25(18-14-10-7-11-15-18)19(22(24,2)3)26(29)20(27)23-17-12-8-6-9-13-17/h17-19,29H,4-16H2,1-3H3,(H,23,27)/t19-/m1/s1. The summed E-state index contributed by atoms with van der Waals surface area (Å²) in [5, 5.41) is 14.9. The molecule has 1 aliphatic heterocycles. The number of carbonyl (C=O) groups excluding carboxylic acids is 2. The number of hydrogen-bond acceptors (Lipinski definition) is 3. The van der Waals surface area contributed by atoms with Gasteiger partial charge in [0.1, 0.15) is 0 Å². The van der Waals surface area contributed by atoms with Gasteiger partial charge in [-0.25, -0.2) is 9.59 Å². The lowest BCUT2D eigenvalue weighted by Gasteiger charge is -2.41. The van der Waals surface area contributed by atoms with E-state index in [0.717, 1.165) is 69.3 Å². The summed E-state index contributed by atoms with van der Waals surface area (Å²) in [4.78, 5) is 30.1. The number of urea groups is 2. The van der Waals surface area contributed by atoms with Gasteiger partial charge in [-0.05, 0) is 46.0 Å². The maximum absolute atomic E-state index is 13.4. The van der Waals surface area contributed by atoms with Crippen LogP contribution in [0.25, 0.3) is 0 Å². The minimum absolute atomic E-state index is 0.0372. The lowest BCUT2D eigenvalue weighted by molar-refractivity contribution is -0.141. The smallest absolute Gasteiger partial charge is 0.333 e. The van der Waals surface area contributed by atoms with Gasteiger partial charge in [0.15, 0.2) is 6.17 Å². The normalized spacial score (nSPS) is 26.1. The van der Waals surface area contributed by atoms with Crippen molar-refractivity contribution < 1.29 is 14.8 Å². The van der Waals surface area contributed by atoms with Crippen LogP contribution in [0.2, 0.25) is 0 Å². The summed E-state index contributed by atoms with van der Waals surface area (Å²) in [6.45, 7) is 6.72. The van der Waals surface area contributed by atoms with Gasteiger partial charge < -0.3 is 10.2 Å².